The number of nitrogens with zero attached hydrogens (tertiary/aromatic N) is 5. The van der Waals surface area contributed by atoms with Crippen LogP contribution < -0.4 is 10.5 Å². The highest BCUT2D eigenvalue weighted by molar-refractivity contribution is 7.13. The summed E-state index contributed by atoms with van der Waals surface area (Å²) >= 11 is 1.57. The minimum Gasteiger partial charge on any atom is -0.353 e. The molecule has 0 spiro atoms. The van der Waals surface area contributed by atoms with Gasteiger partial charge in [-0.05, 0) is 35.8 Å². The highest BCUT2D eigenvalue weighted by Gasteiger charge is 2.20. The second-order valence-electron chi connectivity index (χ2n) is 6.93. The quantitative estimate of drug-likeness (QED) is 0.547. The Balaban J connectivity index is 1.23. The minimum absolute atomic E-state index is 0.0788. The number of benzene rings is 1. The van der Waals surface area contributed by atoms with Gasteiger partial charge in [-0.1, -0.05) is 12.1 Å². The average molecular weight is 379 g/mol. The van der Waals surface area contributed by atoms with E-state index in [0.29, 0.717) is 0 Å². The summed E-state index contributed by atoms with van der Waals surface area (Å²) in [5, 5.41) is 1.25. The summed E-state index contributed by atoms with van der Waals surface area (Å²) in [7, 11) is 0. The Morgan fingerprint density at radius 1 is 0.926 bits per heavy atom. The number of piperazine rings is 1. The molecule has 4 aromatic rings. The molecule has 4 heterocycles. The third-order valence-corrected chi connectivity index (χ3v) is 6.17. The maximum Gasteiger partial charge on any atom is 0.274 e. The normalized spacial score (nSPS) is 15.8. The van der Waals surface area contributed by atoms with Gasteiger partial charge in [0.1, 0.15) is 11.3 Å². The summed E-state index contributed by atoms with van der Waals surface area (Å²) in [6.07, 6.45) is 5.73. The molecule has 1 aromatic carbocycles. The SMILES string of the molecule is O=c1c2cccn2ccn1CCN1CCN(c2nsc3ccccc23)CC1. The summed E-state index contributed by atoms with van der Waals surface area (Å²) in [5.41, 5.74) is 0.813. The monoisotopic (exact) mass is 379 g/mol. The fourth-order valence-electron chi connectivity index (χ4n) is 3.78. The molecule has 0 atom stereocenters. The van der Waals surface area contributed by atoms with Crippen LogP contribution in [0.1, 0.15) is 0 Å². The molecule has 27 heavy (non-hydrogen) atoms. The predicted octanol–water partition coefficient (Wildman–Crippen LogP) is 2.53. The van der Waals surface area contributed by atoms with Gasteiger partial charge in [-0.15, -0.1) is 0 Å². The van der Waals surface area contributed by atoms with E-state index in [1.54, 1.807) is 11.5 Å². The molecule has 3 aromatic heterocycles. The lowest BCUT2D eigenvalue weighted by molar-refractivity contribution is 0.247. The van der Waals surface area contributed by atoms with Gasteiger partial charge in [0.25, 0.3) is 5.56 Å². The lowest BCUT2D eigenvalue weighted by Gasteiger charge is -2.35. The third kappa shape index (κ3) is 3.02. The van der Waals surface area contributed by atoms with Crippen LogP contribution in [0.4, 0.5) is 5.82 Å². The first-order valence-electron chi connectivity index (χ1n) is 9.27. The molecule has 5 rings (SSSR count). The largest absolute Gasteiger partial charge is 0.353 e. The maximum absolute atomic E-state index is 12.5. The molecule has 0 aliphatic carbocycles. The fourth-order valence-corrected chi connectivity index (χ4v) is 4.58. The summed E-state index contributed by atoms with van der Waals surface area (Å²) in [4.78, 5) is 17.3. The molecular weight excluding hydrogens is 358 g/mol. The van der Waals surface area contributed by atoms with Crippen molar-refractivity contribution in [2.45, 2.75) is 6.54 Å². The van der Waals surface area contributed by atoms with Crippen LogP contribution in [-0.2, 0) is 6.54 Å². The number of hydrogen-bond donors (Lipinski definition) is 0. The van der Waals surface area contributed by atoms with Crippen LogP contribution in [-0.4, -0.2) is 51.0 Å². The molecule has 0 N–H and O–H groups in total. The summed E-state index contributed by atoms with van der Waals surface area (Å²) < 4.78 is 9.61. The molecule has 1 aliphatic rings. The molecule has 0 amide bonds. The van der Waals surface area contributed by atoms with E-state index in [1.807, 2.05) is 39.7 Å². The second-order valence-corrected chi connectivity index (χ2v) is 7.73. The Hall–Kier alpha value is -2.64. The minimum atomic E-state index is 0.0788. The lowest BCUT2D eigenvalue weighted by Crippen LogP contribution is -2.47. The molecule has 0 radical (unpaired) electrons. The first kappa shape index (κ1) is 16.5. The van der Waals surface area contributed by atoms with Crippen LogP contribution in [0, 0.1) is 0 Å². The van der Waals surface area contributed by atoms with E-state index >= 15 is 0 Å². The number of hydrogen-bond acceptors (Lipinski definition) is 5. The Morgan fingerprint density at radius 2 is 1.78 bits per heavy atom. The number of fused-ring (bicyclic) bond motifs is 2. The highest BCUT2D eigenvalue weighted by Crippen LogP contribution is 2.29. The zero-order valence-corrected chi connectivity index (χ0v) is 15.8. The molecule has 1 saturated heterocycles. The Bertz CT molecular complexity index is 1140. The third-order valence-electron chi connectivity index (χ3n) is 5.35. The Labute approximate surface area is 161 Å². The molecule has 1 aliphatic heterocycles. The molecule has 7 heteroatoms. The van der Waals surface area contributed by atoms with Crippen LogP contribution in [0.15, 0.2) is 59.8 Å². The zero-order valence-electron chi connectivity index (χ0n) is 15.0. The molecule has 0 saturated carbocycles. The number of aromatic nitrogens is 3. The Kier molecular flexibility index (Phi) is 4.18. The molecule has 1 fully saturated rings. The van der Waals surface area contributed by atoms with Crippen LogP contribution in [0.5, 0.6) is 0 Å². The molecule has 6 nitrogen and oxygen atoms in total. The average Bonchev–Trinajstić information content (AvgIpc) is 3.35. The van der Waals surface area contributed by atoms with Gasteiger partial charge in [0.2, 0.25) is 0 Å². The molecule has 0 unspecified atom stereocenters. The standard InChI is InChI=1S/C20H21N5OS/c26-20-17-5-3-7-23(17)14-15-25(20)13-10-22-8-11-24(12-9-22)19-16-4-1-2-6-18(16)27-21-19/h1-7,14-15H,8-13H2. The second kappa shape index (κ2) is 6.83. The maximum atomic E-state index is 12.5. The van der Waals surface area contributed by atoms with E-state index in [2.05, 4.69) is 38.4 Å². The summed E-state index contributed by atoms with van der Waals surface area (Å²) in [6, 6.07) is 12.2. The smallest absolute Gasteiger partial charge is 0.274 e. The summed E-state index contributed by atoms with van der Waals surface area (Å²) in [6.45, 7) is 5.55. The van der Waals surface area contributed by atoms with Crippen LogP contribution in [0.2, 0.25) is 0 Å². The van der Waals surface area contributed by atoms with E-state index in [4.69, 9.17) is 0 Å². The number of rotatable bonds is 4. The van der Waals surface area contributed by atoms with Gasteiger partial charge in [0, 0.05) is 63.2 Å². The first-order chi connectivity index (χ1) is 13.3. The van der Waals surface area contributed by atoms with Crippen molar-refractivity contribution < 1.29 is 0 Å². The summed E-state index contributed by atoms with van der Waals surface area (Å²) in [5.74, 6) is 1.12. The van der Waals surface area contributed by atoms with Crippen molar-refractivity contribution in [1.82, 2.24) is 18.2 Å². The van der Waals surface area contributed by atoms with Gasteiger partial charge in [0.15, 0.2) is 0 Å². The van der Waals surface area contributed by atoms with Gasteiger partial charge in [-0.3, -0.25) is 9.69 Å². The lowest BCUT2D eigenvalue weighted by atomic mass is 10.2. The zero-order chi connectivity index (χ0) is 18.2. The van der Waals surface area contributed by atoms with Gasteiger partial charge in [0.05, 0.1) is 4.70 Å². The molecular formula is C20H21N5OS. The van der Waals surface area contributed by atoms with E-state index in [9.17, 15) is 4.79 Å². The van der Waals surface area contributed by atoms with E-state index < -0.39 is 0 Å². The van der Waals surface area contributed by atoms with Crippen molar-refractivity contribution in [2.24, 2.45) is 0 Å². The van der Waals surface area contributed by atoms with Crippen LogP contribution in [0.3, 0.4) is 0 Å². The van der Waals surface area contributed by atoms with Crippen molar-refractivity contribution in [2.75, 3.05) is 37.6 Å². The van der Waals surface area contributed by atoms with Crippen LogP contribution >= 0.6 is 11.5 Å². The van der Waals surface area contributed by atoms with Crippen LogP contribution in [0.25, 0.3) is 15.6 Å². The van der Waals surface area contributed by atoms with E-state index in [1.165, 1.54) is 10.1 Å². The fraction of sp³-hybridized carbons (Fsp3) is 0.300. The van der Waals surface area contributed by atoms with Crippen molar-refractivity contribution in [3.05, 3.63) is 65.3 Å². The van der Waals surface area contributed by atoms with E-state index in [-0.39, 0.29) is 5.56 Å². The molecule has 138 valence electrons. The Morgan fingerprint density at radius 3 is 2.67 bits per heavy atom. The van der Waals surface area contributed by atoms with Crippen molar-refractivity contribution in [1.29, 1.82) is 0 Å². The van der Waals surface area contributed by atoms with Gasteiger partial charge < -0.3 is 13.9 Å². The highest BCUT2D eigenvalue weighted by atomic mass is 32.1. The predicted molar refractivity (Wildman–Crippen MR) is 110 cm³/mol. The first-order valence-corrected chi connectivity index (χ1v) is 10.0. The van der Waals surface area contributed by atoms with Crippen molar-refractivity contribution >= 4 is 33.0 Å². The number of anilines is 1. The van der Waals surface area contributed by atoms with Gasteiger partial charge >= 0.3 is 0 Å². The van der Waals surface area contributed by atoms with Crippen molar-refractivity contribution in [3.63, 3.8) is 0 Å². The topological polar surface area (TPSA) is 45.8 Å². The van der Waals surface area contributed by atoms with Gasteiger partial charge in [-0.2, -0.15) is 4.37 Å². The van der Waals surface area contributed by atoms with Gasteiger partial charge in [-0.25, -0.2) is 0 Å². The molecule has 0 bridgehead atoms. The van der Waals surface area contributed by atoms with Crippen molar-refractivity contribution in [3.8, 4) is 0 Å². The van der Waals surface area contributed by atoms with E-state index in [0.717, 1.165) is 50.6 Å².